The average molecular weight is 227 g/mol. The molecule has 0 aliphatic rings. The molecule has 12 heavy (non-hydrogen) atoms. The summed E-state index contributed by atoms with van der Waals surface area (Å²) in [6, 6.07) is 1.23. The smallest absolute Gasteiger partial charge is 0.283 e. The Morgan fingerprint density at radius 2 is 2.42 bits per heavy atom. The number of hydrogen-bond acceptors (Lipinski definition) is 4. The molecule has 0 saturated carbocycles. The molecule has 0 aromatic carbocycles. The number of nitrogens with zero attached hydrogens (tertiary/aromatic N) is 1. The maximum absolute atomic E-state index is 10.8. The van der Waals surface area contributed by atoms with Gasteiger partial charge in [-0.3, -0.25) is 4.79 Å². The zero-order valence-corrected chi connectivity index (χ0v) is 8.31. The molecular formula is C4H6NO4PS2. The number of aromatic nitrogens is 1. The molecule has 1 heterocycles. The lowest BCUT2D eigenvalue weighted by Crippen LogP contribution is -2.11. The van der Waals surface area contributed by atoms with Crippen LogP contribution in [0.2, 0.25) is 0 Å². The lowest BCUT2D eigenvalue weighted by atomic mass is 10.7. The molecule has 0 aliphatic heterocycles. The SMILES string of the molecule is O=c1ccon1CSP(O)(O)=S. The van der Waals surface area contributed by atoms with E-state index in [1.165, 1.54) is 12.3 Å². The third kappa shape index (κ3) is 3.12. The Labute approximate surface area is 76.9 Å². The first-order valence-corrected chi connectivity index (χ1v) is 7.14. The standard InChI is InChI=1S/C4H6NO4PS2/c6-4-1-2-9-5(4)3-12-10(7,8)11/h1-2H,3H2,(H2,7,8,11). The maximum Gasteiger partial charge on any atom is 0.283 e. The largest absolute Gasteiger partial charge is 0.383 e. The van der Waals surface area contributed by atoms with Gasteiger partial charge in [-0.05, 0) is 23.2 Å². The molecule has 0 bridgehead atoms. The summed E-state index contributed by atoms with van der Waals surface area (Å²) in [7, 11) is 0. The Morgan fingerprint density at radius 3 is 2.83 bits per heavy atom. The molecule has 0 atom stereocenters. The van der Waals surface area contributed by atoms with Gasteiger partial charge in [0.25, 0.3) is 5.56 Å². The minimum Gasteiger partial charge on any atom is -0.383 e. The van der Waals surface area contributed by atoms with Gasteiger partial charge in [0.1, 0.15) is 12.1 Å². The molecule has 0 spiro atoms. The Kier molecular flexibility index (Phi) is 3.14. The van der Waals surface area contributed by atoms with Crippen LogP contribution in [0.25, 0.3) is 0 Å². The predicted molar refractivity (Wildman–Crippen MR) is 49.3 cm³/mol. The summed E-state index contributed by atoms with van der Waals surface area (Å²) in [5.41, 5.74) is -3.62. The van der Waals surface area contributed by atoms with E-state index in [2.05, 4.69) is 11.8 Å². The number of rotatable bonds is 3. The van der Waals surface area contributed by atoms with Crippen molar-refractivity contribution in [2.75, 3.05) is 0 Å². The van der Waals surface area contributed by atoms with Crippen LogP contribution in [-0.4, -0.2) is 14.5 Å². The van der Waals surface area contributed by atoms with Gasteiger partial charge in [-0.15, -0.1) is 0 Å². The lowest BCUT2D eigenvalue weighted by molar-refractivity contribution is 0.293. The Hall–Kier alpha value is -0.0700. The van der Waals surface area contributed by atoms with E-state index in [4.69, 9.17) is 14.3 Å². The average Bonchev–Trinajstić information content (AvgIpc) is 2.29. The zero-order chi connectivity index (χ0) is 9.19. The van der Waals surface area contributed by atoms with Crippen molar-refractivity contribution < 1.29 is 14.3 Å². The van der Waals surface area contributed by atoms with Crippen LogP contribution >= 0.6 is 17.1 Å². The van der Waals surface area contributed by atoms with Crippen molar-refractivity contribution in [3.8, 4) is 0 Å². The maximum atomic E-state index is 10.8. The summed E-state index contributed by atoms with van der Waals surface area (Å²) in [6.45, 7) is 0. The molecule has 5 nitrogen and oxygen atoms in total. The zero-order valence-electron chi connectivity index (χ0n) is 5.78. The molecule has 0 amide bonds. The Bertz CT molecular complexity index is 352. The monoisotopic (exact) mass is 227 g/mol. The molecular weight excluding hydrogens is 221 g/mol. The molecule has 0 fully saturated rings. The van der Waals surface area contributed by atoms with Crippen LogP contribution in [0.15, 0.2) is 21.6 Å². The van der Waals surface area contributed by atoms with E-state index < -0.39 is 5.69 Å². The van der Waals surface area contributed by atoms with Crippen molar-refractivity contribution in [2.45, 2.75) is 5.88 Å². The van der Waals surface area contributed by atoms with Crippen molar-refractivity contribution in [2.24, 2.45) is 0 Å². The van der Waals surface area contributed by atoms with Crippen LogP contribution in [-0.2, 0) is 17.7 Å². The fourth-order valence-corrected chi connectivity index (χ4v) is 2.15. The van der Waals surface area contributed by atoms with Gasteiger partial charge in [0, 0.05) is 6.07 Å². The van der Waals surface area contributed by atoms with Gasteiger partial charge >= 0.3 is 0 Å². The van der Waals surface area contributed by atoms with Gasteiger partial charge in [-0.25, -0.2) is 0 Å². The van der Waals surface area contributed by atoms with E-state index >= 15 is 0 Å². The topological polar surface area (TPSA) is 75.6 Å². The van der Waals surface area contributed by atoms with Crippen molar-refractivity contribution in [3.05, 3.63) is 22.7 Å². The molecule has 0 unspecified atom stereocenters. The summed E-state index contributed by atoms with van der Waals surface area (Å²) in [5.74, 6) is 0.0239. The van der Waals surface area contributed by atoms with Crippen LogP contribution in [0.4, 0.5) is 0 Å². The molecule has 1 aromatic rings. The Balaban J connectivity index is 2.61. The van der Waals surface area contributed by atoms with Gasteiger partial charge in [0.2, 0.25) is 5.69 Å². The van der Waals surface area contributed by atoms with E-state index in [0.29, 0.717) is 11.4 Å². The third-order valence-electron chi connectivity index (χ3n) is 0.988. The van der Waals surface area contributed by atoms with Crippen LogP contribution in [0.1, 0.15) is 0 Å². The van der Waals surface area contributed by atoms with Gasteiger partial charge in [-0.1, -0.05) is 0 Å². The van der Waals surface area contributed by atoms with E-state index in [-0.39, 0.29) is 11.4 Å². The van der Waals surface area contributed by atoms with Crippen molar-refractivity contribution in [1.29, 1.82) is 0 Å². The van der Waals surface area contributed by atoms with Crippen molar-refractivity contribution in [1.82, 2.24) is 4.74 Å². The van der Waals surface area contributed by atoms with Crippen molar-refractivity contribution in [3.63, 3.8) is 0 Å². The van der Waals surface area contributed by atoms with Gasteiger partial charge in [0.05, 0.1) is 0 Å². The lowest BCUT2D eigenvalue weighted by Gasteiger charge is -2.04. The quantitative estimate of drug-likeness (QED) is 0.725. The van der Waals surface area contributed by atoms with E-state index in [1.54, 1.807) is 0 Å². The van der Waals surface area contributed by atoms with Crippen LogP contribution in [0.5, 0.6) is 0 Å². The van der Waals surface area contributed by atoms with Crippen LogP contribution in [0, 0.1) is 0 Å². The minimum atomic E-state index is -3.30. The van der Waals surface area contributed by atoms with Gasteiger partial charge in [0.15, 0.2) is 0 Å². The molecule has 8 heteroatoms. The molecule has 1 aromatic heterocycles. The summed E-state index contributed by atoms with van der Waals surface area (Å²) in [4.78, 5) is 28.4. The molecule has 0 aliphatic carbocycles. The van der Waals surface area contributed by atoms with Gasteiger partial charge < -0.3 is 14.3 Å². The highest BCUT2D eigenvalue weighted by Gasteiger charge is 2.09. The minimum absolute atomic E-state index is 0.0239. The van der Waals surface area contributed by atoms with Crippen molar-refractivity contribution >= 4 is 28.9 Å². The predicted octanol–water partition coefficient (Wildman–Crippen LogP) is 0.341. The summed E-state index contributed by atoms with van der Waals surface area (Å²) in [5, 5.41) is 0. The van der Waals surface area contributed by atoms with Crippen LogP contribution < -0.4 is 5.56 Å². The molecule has 2 N–H and O–H groups in total. The van der Waals surface area contributed by atoms with E-state index in [1.807, 2.05) is 0 Å². The highest BCUT2D eigenvalue weighted by molar-refractivity contribution is 8.66. The number of hydrogen-bond donors (Lipinski definition) is 2. The second-order valence-electron chi connectivity index (χ2n) is 1.87. The second-order valence-corrected chi connectivity index (χ2v) is 7.89. The van der Waals surface area contributed by atoms with E-state index in [9.17, 15) is 4.79 Å². The molecule has 1 rings (SSSR count). The van der Waals surface area contributed by atoms with Gasteiger partial charge in [-0.2, -0.15) is 4.74 Å². The third-order valence-corrected chi connectivity index (χ3v) is 3.98. The first-order chi connectivity index (χ1) is 5.49. The highest BCUT2D eigenvalue weighted by atomic mass is 32.9. The normalized spacial score (nSPS) is 11.8. The fraction of sp³-hybridized carbons (Fsp3) is 0.250. The van der Waals surface area contributed by atoms with E-state index in [0.717, 1.165) is 4.74 Å². The molecule has 68 valence electrons. The molecule has 0 radical (unpaired) electrons. The first kappa shape index (κ1) is 10.0. The molecule has 0 saturated heterocycles. The summed E-state index contributed by atoms with van der Waals surface area (Å²) < 4.78 is 5.68. The Morgan fingerprint density at radius 1 is 1.75 bits per heavy atom. The first-order valence-electron chi connectivity index (χ1n) is 2.84. The summed E-state index contributed by atoms with van der Waals surface area (Å²) >= 11 is 5.04. The van der Waals surface area contributed by atoms with Crippen LogP contribution in [0.3, 0.4) is 0 Å². The second kappa shape index (κ2) is 3.76. The fourth-order valence-electron chi connectivity index (χ4n) is 0.519. The highest BCUT2D eigenvalue weighted by Crippen LogP contribution is 2.51. The summed E-state index contributed by atoms with van der Waals surface area (Å²) in [6.07, 6.45) is 1.22.